The summed E-state index contributed by atoms with van der Waals surface area (Å²) < 4.78 is 10.3. The van der Waals surface area contributed by atoms with Gasteiger partial charge in [-0.3, -0.25) is 14.6 Å². The molecule has 0 aliphatic carbocycles. The van der Waals surface area contributed by atoms with Crippen molar-refractivity contribution in [3.63, 3.8) is 0 Å². The van der Waals surface area contributed by atoms with E-state index in [-0.39, 0.29) is 43.5 Å². The number of rotatable bonds is 6. The molecule has 126 valence electrons. The van der Waals surface area contributed by atoms with Gasteiger partial charge in [0.15, 0.2) is 0 Å². The highest BCUT2D eigenvalue weighted by molar-refractivity contribution is 5.78. The van der Waals surface area contributed by atoms with Crippen LogP contribution in [0.3, 0.4) is 0 Å². The number of nitrogens with one attached hydrogen (secondary N) is 1. The zero-order chi connectivity index (χ0) is 16.7. The summed E-state index contributed by atoms with van der Waals surface area (Å²) in [5.74, 6) is -0.508. The Morgan fingerprint density at radius 3 is 2.91 bits per heavy atom. The summed E-state index contributed by atoms with van der Waals surface area (Å²) in [6.45, 7) is -0.216. The van der Waals surface area contributed by atoms with Crippen LogP contribution in [0.1, 0.15) is 25.0 Å². The highest BCUT2D eigenvalue weighted by Gasteiger charge is 2.33. The van der Waals surface area contributed by atoms with Crippen LogP contribution in [-0.2, 0) is 25.5 Å². The van der Waals surface area contributed by atoms with E-state index in [0.717, 1.165) is 0 Å². The molecule has 0 aromatic carbocycles. The molecular formula is C16H22N2O5. The molecule has 3 atom stereocenters. The van der Waals surface area contributed by atoms with Gasteiger partial charge >= 0.3 is 5.97 Å². The summed E-state index contributed by atoms with van der Waals surface area (Å²) in [7, 11) is 1.33. The molecule has 1 saturated heterocycles. The fourth-order valence-electron chi connectivity index (χ4n) is 2.64. The molecular weight excluding hydrogens is 300 g/mol. The van der Waals surface area contributed by atoms with Gasteiger partial charge in [0.2, 0.25) is 5.91 Å². The van der Waals surface area contributed by atoms with Gasteiger partial charge in [0.05, 0.1) is 38.7 Å². The zero-order valence-electron chi connectivity index (χ0n) is 13.1. The summed E-state index contributed by atoms with van der Waals surface area (Å²) in [4.78, 5) is 27.5. The maximum absolute atomic E-state index is 12.1. The van der Waals surface area contributed by atoms with Gasteiger partial charge in [-0.05, 0) is 25.0 Å². The summed E-state index contributed by atoms with van der Waals surface area (Å²) in [6, 6.07) is 5.13. The number of carbonyl (C=O) groups excluding carboxylic acids is 2. The predicted octanol–water partition coefficient (Wildman–Crippen LogP) is 0.212. The molecule has 0 saturated carbocycles. The van der Waals surface area contributed by atoms with E-state index in [1.165, 1.54) is 7.11 Å². The standard InChI is InChI=1S/C16H22N2O5/c1-22-16(21)9-12-5-6-13(14(10-19)23-12)18-15(20)8-11-4-2-3-7-17-11/h2-4,7,12-14,19H,5-6,8-10H2,1H3,(H,18,20)/t12-,13-,14+/m0/s1. The van der Waals surface area contributed by atoms with Gasteiger partial charge in [-0.2, -0.15) is 0 Å². The van der Waals surface area contributed by atoms with Crippen molar-refractivity contribution >= 4 is 11.9 Å². The van der Waals surface area contributed by atoms with Crippen molar-refractivity contribution in [2.24, 2.45) is 0 Å². The first kappa shape index (κ1) is 17.4. The average Bonchev–Trinajstić information content (AvgIpc) is 2.56. The van der Waals surface area contributed by atoms with E-state index in [9.17, 15) is 14.7 Å². The Kier molecular flexibility index (Phi) is 6.49. The largest absolute Gasteiger partial charge is 0.469 e. The van der Waals surface area contributed by atoms with Crippen LogP contribution >= 0.6 is 0 Å². The van der Waals surface area contributed by atoms with E-state index in [2.05, 4.69) is 15.0 Å². The molecule has 1 aliphatic rings. The molecule has 2 heterocycles. The van der Waals surface area contributed by atoms with Gasteiger partial charge in [-0.25, -0.2) is 0 Å². The number of pyridine rings is 1. The lowest BCUT2D eigenvalue weighted by atomic mass is 9.97. The van der Waals surface area contributed by atoms with Gasteiger partial charge in [0.1, 0.15) is 6.10 Å². The molecule has 0 bridgehead atoms. The lowest BCUT2D eigenvalue weighted by Gasteiger charge is -2.35. The van der Waals surface area contributed by atoms with Gasteiger partial charge in [-0.15, -0.1) is 0 Å². The van der Waals surface area contributed by atoms with Crippen LogP contribution in [0.2, 0.25) is 0 Å². The Hall–Kier alpha value is -1.99. The van der Waals surface area contributed by atoms with Gasteiger partial charge in [-0.1, -0.05) is 6.07 Å². The third kappa shape index (κ3) is 5.30. The third-order valence-electron chi connectivity index (χ3n) is 3.83. The second-order valence-corrected chi connectivity index (χ2v) is 5.51. The number of methoxy groups -OCH3 is 1. The second kappa shape index (κ2) is 8.59. The van der Waals surface area contributed by atoms with Crippen molar-refractivity contribution < 1.29 is 24.2 Å². The van der Waals surface area contributed by atoms with E-state index in [1.807, 2.05) is 6.07 Å². The molecule has 23 heavy (non-hydrogen) atoms. The van der Waals surface area contributed by atoms with Crippen molar-refractivity contribution in [1.82, 2.24) is 10.3 Å². The predicted molar refractivity (Wildman–Crippen MR) is 81.5 cm³/mol. The molecule has 1 fully saturated rings. The molecule has 1 aromatic rings. The van der Waals surface area contributed by atoms with Crippen molar-refractivity contribution in [3.05, 3.63) is 30.1 Å². The lowest BCUT2D eigenvalue weighted by Crippen LogP contribution is -2.51. The minimum Gasteiger partial charge on any atom is -0.469 e. The Morgan fingerprint density at radius 1 is 1.43 bits per heavy atom. The Morgan fingerprint density at radius 2 is 2.26 bits per heavy atom. The van der Waals surface area contributed by atoms with Crippen molar-refractivity contribution in [3.8, 4) is 0 Å². The maximum Gasteiger partial charge on any atom is 0.308 e. The molecule has 1 amide bonds. The smallest absolute Gasteiger partial charge is 0.308 e. The quantitative estimate of drug-likeness (QED) is 0.727. The molecule has 7 nitrogen and oxygen atoms in total. The van der Waals surface area contributed by atoms with Crippen molar-refractivity contribution in [2.45, 2.75) is 43.9 Å². The number of aliphatic hydroxyl groups excluding tert-OH is 1. The second-order valence-electron chi connectivity index (χ2n) is 5.51. The number of aliphatic hydroxyl groups is 1. The van der Waals surface area contributed by atoms with Gasteiger partial charge in [0, 0.05) is 11.9 Å². The van der Waals surface area contributed by atoms with Crippen molar-refractivity contribution in [2.75, 3.05) is 13.7 Å². The maximum atomic E-state index is 12.1. The van der Waals surface area contributed by atoms with Crippen molar-refractivity contribution in [1.29, 1.82) is 0 Å². The molecule has 1 aliphatic heterocycles. The number of hydrogen-bond donors (Lipinski definition) is 2. The number of carbonyl (C=O) groups is 2. The fraction of sp³-hybridized carbons (Fsp3) is 0.562. The summed E-state index contributed by atoms with van der Waals surface area (Å²) in [6.07, 6.45) is 2.43. The first-order valence-electron chi connectivity index (χ1n) is 7.64. The normalized spacial score (nSPS) is 24.0. The van der Waals surface area contributed by atoms with Crippen LogP contribution in [0.15, 0.2) is 24.4 Å². The molecule has 0 radical (unpaired) electrons. The first-order valence-corrected chi connectivity index (χ1v) is 7.64. The van der Waals surface area contributed by atoms with Crippen LogP contribution in [0.5, 0.6) is 0 Å². The van der Waals surface area contributed by atoms with E-state index < -0.39 is 6.10 Å². The van der Waals surface area contributed by atoms with E-state index in [4.69, 9.17) is 4.74 Å². The first-order chi connectivity index (χ1) is 11.1. The minimum absolute atomic E-state index is 0.154. The van der Waals surface area contributed by atoms with Gasteiger partial charge < -0.3 is 19.9 Å². The number of ether oxygens (including phenoxy) is 2. The molecule has 2 rings (SSSR count). The Balaban J connectivity index is 1.85. The summed E-state index contributed by atoms with van der Waals surface area (Å²) in [5.41, 5.74) is 0.686. The highest BCUT2D eigenvalue weighted by atomic mass is 16.5. The number of hydrogen-bond acceptors (Lipinski definition) is 6. The molecule has 0 unspecified atom stereocenters. The van der Waals surface area contributed by atoms with Gasteiger partial charge in [0.25, 0.3) is 0 Å². The Bertz CT molecular complexity index is 522. The van der Waals surface area contributed by atoms with Crippen LogP contribution in [-0.4, -0.2) is 53.9 Å². The van der Waals surface area contributed by atoms with Crippen LogP contribution < -0.4 is 5.32 Å². The van der Waals surface area contributed by atoms with Crippen LogP contribution in [0.4, 0.5) is 0 Å². The van der Waals surface area contributed by atoms with E-state index in [1.54, 1.807) is 18.3 Å². The number of amides is 1. The third-order valence-corrected chi connectivity index (χ3v) is 3.83. The topological polar surface area (TPSA) is 97.8 Å². The molecule has 7 heteroatoms. The average molecular weight is 322 g/mol. The summed E-state index contributed by atoms with van der Waals surface area (Å²) >= 11 is 0. The minimum atomic E-state index is -0.522. The van der Waals surface area contributed by atoms with Crippen LogP contribution in [0.25, 0.3) is 0 Å². The highest BCUT2D eigenvalue weighted by Crippen LogP contribution is 2.22. The molecule has 0 spiro atoms. The fourth-order valence-corrected chi connectivity index (χ4v) is 2.64. The zero-order valence-corrected chi connectivity index (χ0v) is 13.1. The monoisotopic (exact) mass is 322 g/mol. The van der Waals surface area contributed by atoms with Crippen LogP contribution in [0, 0.1) is 0 Å². The van der Waals surface area contributed by atoms with E-state index >= 15 is 0 Å². The number of aromatic nitrogens is 1. The molecule has 2 N–H and O–H groups in total. The van der Waals surface area contributed by atoms with E-state index in [0.29, 0.717) is 18.5 Å². The number of esters is 1. The lowest BCUT2D eigenvalue weighted by molar-refractivity contribution is -0.150. The summed E-state index contributed by atoms with van der Waals surface area (Å²) in [5, 5.41) is 12.3. The Labute approximate surface area is 135 Å². The SMILES string of the molecule is COC(=O)C[C@@H]1CC[C@H](NC(=O)Cc2ccccn2)[C@@H](CO)O1. The number of nitrogens with zero attached hydrogens (tertiary/aromatic N) is 1. The molecule has 1 aromatic heterocycles.